The van der Waals surface area contributed by atoms with Crippen LogP contribution in [0.3, 0.4) is 0 Å². The van der Waals surface area contributed by atoms with Crippen molar-refractivity contribution in [2.45, 2.75) is 38.8 Å². The van der Waals surface area contributed by atoms with E-state index < -0.39 is 30.4 Å². The minimum Gasteiger partial charge on any atom is -0.463 e. The summed E-state index contributed by atoms with van der Waals surface area (Å²) in [4.78, 5) is 21.2. The number of hydrogen-bond acceptors (Lipinski definition) is 6. The highest BCUT2D eigenvalue weighted by molar-refractivity contribution is 5.66. The minimum absolute atomic E-state index is 0.0597. The van der Waals surface area contributed by atoms with Crippen LogP contribution in [0.2, 0.25) is 0 Å². The van der Waals surface area contributed by atoms with Crippen LogP contribution in [0, 0.1) is 0 Å². The van der Waals surface area contributed by atoms with Gasteiger partial charge in [0.1, 0.15) is 6.61 Å². The van der Waals surface area contributed by atoms with Crippen molar-refractivity contribution < 1.29 is 28.9 Å². The first kappa shape index (κ1) is 11.9. The molecule has 0 amide bonds. The first-order valence-electron chi connectivity index (χ1n) is 4.63. The molecule has 86 valence electrons. The Balaban J connectivity index is 2.34. The summed E-state index contributed by atoms with van der Waals surface area (Å²) in [5.74, 6) is -0.889. The Morgan fingerprint density at radius 1 is 1.40 bits per heavy atom. The molecule has 1 rings (SSSR count). The second-order valence-electron chi connectivity index (χ2n) is 3.33. The van der Waals surface area contributed by atoms with Crippen LogP contribution in [0.4, 0.5) is 0 Å². The minimum atomic E-state index is -1.14. The normalized spacial score (nSPS) is 29.9. The Labute approximate surface area is 87.1 Å². The van der Waals surface area contributed by atoms with E-state index in [-0.39, 0.29) is 6.61 Å². The highest BCUT2D eigenvalue weighted by Gasteiger charge is 2.36. The van der Waals surface area contributed by atoms with Crippen LogP contribution in [-0.4, -0.2) is 42.1 Å². The molecule has 6 heteroatoms. The van der Waals surface area contributed by atoms with E-state index >= 15 is 0 Å². The summed E-state index contributed by atoms with van der Waals surface area (Å²) in [6.07, 6.45) is -1.92. The van der Waals surface area contributed by atoms with E-state index in [0.29, 0.717) is 6.42 Å². The largest absolute Gasteiger partial charge is 0.463 e. The first-order valence-corrected chi connectivity index (χ1v) is 4.63. The molecule has 0 radical (unpaired) electrons. The number of carbonyl (C=O) groups is 2. The molecule has 1 fully saturated rings. The number of ether oxygens (including phenoxy) is 3. The van der Waals surface area contributed by atoms with Crippen molar-refractivity contribution >= 4 is 11.9 Å². The summed E-state index contributed by atoms with van der Waals surface area (Å²) >= 11 is 0. The monoisotopic (exact) mass is 218 g/mol. The predicted octanol–water partition coefficient (Wildman–Crippen LogP) is -0.412. The molecular weight excluding hydrogens is 204 g/mol. The van der Waals surface area contributed by atoms with Crippen molar-refractivity contribution in [3.63, 3.8) is 0 Å². The van der Waals surface area contributed by atoms with E-state index in [9.17, 15) is 14.7 Å². The van der Waals surface area contributed by atoms with Crippen molar-refractivity contribution in [1.82, 2.24) is 0 Å². The van der Waals surface area contributed by atoms with Gasteiger partial charge in [0.25, 0.3) is 0 Å². The Hall–Kier alpha value is -1.14. The highest BCUT2D eigenvalue weighted by atomic mass is 16.7. The maximum absolute atomic E-state index is 10.6. The Bertz CT molecular complexity index is 251. The van der Waals surface area contributed by atoms with E-state index in [4.69, 9.17) is 14.2 Å². The van der Waals surface area contributed by atoms with Crippen molar-refractivity contribution in [3.05, 3.63) is 0 Å². The summed E-state index contributed by atoms with van der Waals surface area (Å²) < 4.78 is 14.5. The standard InChI is InChI=1S/C9H14O6/c1-5(10)13-4-7-3-8(9(12)15-7)14-6(2)11/h7-9,12H,3-4H2,1-2H3/t7-,8-,9+/m0/s1. The molecule has 1 saturated heterocycles. The zero-order valence-corrected chi connectivity index (χ0v) is 8.63. The lowest BCUT2D eigenvalue weighted by atomic mass is 10.2. The van der Waals surface area contributed by atoms with Crippen LogP contribution in [0.15, 0.2) is 0 Å². The first-order chi connectivity index (χ1) is 6.99. The second-order valence-corrected chi connectivity index (χ2v) is 3.33. The fourth-order valence-electron chi connectivity index (χ4n) is 1.35. The molecule has 1 heterocycles. The molecule has 3 atom stereocenters. The van der Waals surface area contributed by atoms with Gasteiger partial charge in [0, 0.05) is 20.3 Å². The number of hydrogen-bond donors (Lipinski definition) is 1. The maximum atomic E-state index is 10.6. The molecule has 0 aromatic rings. The quantitative estimate of drug-likeness (QED) is 0.648. The fourth-order valence-corrected chi connectivity index (χ4v) is 1.35. The van der Waals surface area contributed by atoms with Crippen LogP contribution < -0.4 is 0 Å². The fraction of sp³-hybridized carbons (Fsp3) is 0.778. The lowest BCUT2D eigenvalue weighted by Gasteiger charge is -2.11. The molecule has 0 unspecified atom stereocenters. The zero-order valence-electron chi connectivity index (χ0n) is 8.63. The topological polar surface area (TPSA) is 82.1 Å². The van der Waals surface area contributed by atoms with E-state index in [2.05, 4.69) is 0 Å². The number of aliphatic hydroxyl groups is 1. The van der Waals surface area contributed by atoms with Crippen molar-refractivity contribution in [3.8, 4) is 0 Å². The van der Waals surface area contributed by atoms with Crippen molar-refractivity contribution in [1.29, 1.82) is 0 Å². The molecule has 0 spiro atoms. The molecule has 0 saturated carbocycles. The summed E-state index contributed by atoms with van der Waals surface area (Å²) in [7, 11) is 0. The van der Waals surface area contributed by atoms with Gasteiger partial charge in [-0.05, 0) is 0 Å². The summed E-state index contributed by atoms with van der Waals surface area (Å²) in [5.41, 5.74) is 0. The van der Waals surface area contributed by atoms with E-state index in [1.54, 1.807) is 0 Å². The SMILES string of the molecule is CC(=O)OC[C@@H]1C[C@H](OC(C)=O)[C@H](O)O1. The van der Waals surface area contributed by atoms with E-state index in [0.717, 1.165) is 0 Å². The van der Waals surface area contributed by atoms with Gasteiger partial charge in [0.05, 0.1) is 6.10 Å². The van der Waals surface area contributed by atoms with Gasteiger partial charge >= 0.3 is 11.9 Å². The lowest BCUT2D eigenvalue weighted by molar-refractivity contribution is -0.170. The van der Waals surface area contributed by atoms with Gasteiger partial charge in [0.15, 0.2) is 12.4 Å². The number of carbonyl (C=O) groups excluding carboxylic acids is 2. The van der Waals surface area contributed by atoms with Crippen molar-refractivity contribution in [2.75, 3.05) is 6.61 Å². The highest BCUT2D eigenvalue weighted by Crippen LogP contribution is 2.21. The lowest BCUT2D eigenvalue weighted by Crippen LogP contribution is -2.25. The van der Waals surface area contributed by atoms with Crippen molar-refractivity contribution in [2.24, 2.45) is 0 Å². The van der Waals surface area contributed by atoms with Gasteiger partial charge in [-0.3, -0.25) is 9.59 Å². The van der Waals surface area contributed by atoms with Gasteiger partial charge in [-0.15, -0.1) is 0 Å². The summed E-state index contributed by atoms with van der Waals surface area (Å²) in [5, 5.41) is 9.33. The van der Waals surface area contributed by atoms with E-state index in [1.165, 1.54) is 13.8 Å². The average molecular weight is 218 g/mol. The van der Waals surface area contributed by atoms with Gasteiger partial charge in [-0.2, -0.15) is 0 Å². The van der Waals surface area contributed by atoms with Crippen LogP contribution in [-0.2, 0) is 23.8 Å². The second kappa shape index (κ2) is 5.09. The van der Waals surface area contributed by atoms with Crippen LogP contribution >= 0.6 is 0 Å². The summed E-state index contributed by atoms with van der Waals surface area (Å²) in [6, 6.07) is 0. The van der Waals surface area contributed by atoms with Gasteiger partial charge in [0.2, 0.25) is 0 Å². The smallest absolute Gasteiger partial charge is 0.303 e. The molecule has 0 aromatic heterocycles. The Kier molecular flexibility index (Phi) is 4.05. The van der Waals surface area contributed by atoms with E-state index in [1.807, 2.05) is 0 Å². The molecule has 15 heavy (non-hydrogen) atoms. The molecule has 0 bridgehead atoms. The van der Waals surface area contributed by atoms with Crippen LogP contribution in [0.1, 0.15) is 20.3 Å². The van der Waals surface area contributed by atoms with Gasteiger partial charge < -0.3 is 19.3 Å². The number of esters is 2. The summed E-state index contributed by atoms with van der Waals surface area (Å²) in [6.45, 7) is 2.60. The molecular formula is C9H14O6. The zero-order chi connectivity index (χ0) is 11.4. The van der Waals surface area contributed by atoms with Gasteiger partial charge in [-0.1, -0.05) is 0 Å². The van der Waals surface area contributed by atoms with Crippen LogP contribution in [0.25, 0.3) is 0 Å². The maximum Gasteiger partial charge on any atom is 0.303 e. The molecule has 0 aliphatic carbocycles. The number of rotatable bonds is 3. The molecule has 1 aliphatic rings. The third-order valence-electron chi connectivity index (χ3n) is 1.93. The molecule has 0 aromatic carbocycles. The average Bonchev–Trinajstić information content (AvgIpc) is 2.43. The molecule has 6 nitrogen and oxygen atoms in total. The third-order valence-corrected chi connectivity index (χ3v) is 1.93. The molecule has 1 aliphatic heterocycles. The van der Waals surface area contributed by atoms with Gasteiger partial charge in [-0.25, -0.2) is 0 Å². The van der Waals surface area contributed by atoms with Crippen LogP contribution in [0.5, 0.6) is 0 Å². The molecule has 1 N–H and O–H groups in total. The third kappa shape index (κ3) is 3.85. The Morgan fingerprint density at radius 2 is 2.07 bits per heavy atom. The predicted molar refractivity (Wildman–Crippen MR) is 47.7 cm³/mol. The Morgan fingerprint density at radius 3 is 2.60 bits per heavy atom. The number of aliphatic hydroxyl groups excluding tert-OH is 1.